The van der Waals surface area contributed by atoms with Crippen LogP contribution in [-0.4, -0.2) is 11.0 Å². The molecular weight excluding hydrogens is 331 g/mol. The van der Waals surface area contributed by atoms with Crippen molar-refractivity contribution in [1.29, 1.82) is 0 Å². The summed E-state index contributed by atoms with van der Waals surface area (Å²) in [5, 5.41) is 11.7. The van der Waals surface area contributed by atoms with E-state index in [9.17, 15) is 4.39 Å². The first-order valence-corrected chi connectivity index (χ1v) is 6.92. The zero-order valence-corrected chi connectivity index (χ0v) is 12.1. The maximum Gasteiger partial charge on any atom is 0.171 e. The molecule has 2 aromatic rings. The quantitative estimate of drug-likeness (QED) is 0.386. The van der Waals surface area contributed by atoms with Gasteiger partial charge in [0.1, 0.15) is 5.82 Å². The number of nitrogens with zero attached hydrogens (tertiary/aromatic N) is 1. The summed E-state index contributed by atoms with van der Waals surface area (Å²) in [6.45, 7) is 0. The van der Waals surface area contributed by atoms with E-state index in [0.717, 1.165) is 14.3 Å². The Morgan fingerprint density at radius 2 is 1.89 bits per heavy atom. The van der Waals surface area contributed by atoms with Crippen LogP contribution in [0.15, 0.2) is 61.9 Å². The molecule has 0 radical (unpaired) electrons. The molecule has 0 aliphatic rings. The van der Waals surface area contributed by atoms with Crippen molar-refractivity contribution in [2.45, 2.75) is 9.79 Å². The fraction of sp³-hybridized carbons (Fsp3) is 0. The van der Waals surface area contributed by atoms with Crippen molar-refractivity contribution in [2.75, 3.05) is 0 Å². The zero-order valence-electron chi connectivity index (χ0n) is 9.68. The minimum atomic E-state index is -0.429. The van der Waals surface area contributed by atoms with E-state index < -0.39 is 5.82 Å². The van der Waals surface area contributed by atoms with Gasteiger partial charge in [0.2, 0.25) is 0 Å². The van der Waals surface area contributed by atoms with Crippen LogP contribution in [0.3, 0.4) is 0 Å². The van der Waals surface area contributed by atoms with E-state index in [0.29, 0.717) is 5.56 Å². The van der Waals surface area contributed by atoms with Gasteiger partial charge in [0, 0.05) is 19.8 Å². The van der Waals surface area contributed by atoms with E-state index in [1.807, 2.05) is 24.3 Å². The van der Waals surface area contributed by atoms with Crippen LogP contribution in [0.1, 0.15) is 5.56 Å². The molecule has 0 fully saturated rings. The Morgan fingerprint density at radius 1 is 1.21 bits per heavy atom. The smallest absolute Gasteiger partial charge is 0.171 e. The van der Waals surface area contributed by atoms with Gasteiger partial charge < -0.3 is 10.9 Å². The summed E-state index contributed by atoms with van der Waals surface area (Å²) in [4.78, 5) is 1.70. The van der Waals surface area contributed by atoms with E-state index in [1.54, 1.807) is 6.07 Å². The van der Waals surface area contributed by atoms with E-state index in [2.05, 4.69) is 21.1 Å². The van der Waals surface area contributed by atoms with Crippen LogP contribution in [-0.2, 0) is 0 Å². The molecule has 3 nitrogen and oxygen atoms in total. The van der Waals surface area contributed by atoms with Crippen LogP contribution < -0.4 is 5.73 Å². The van der Waals surface area contributed by atoms with E-state index in [4.69, 9.17) is 10.9 Å². The Hall–Kier alpha value is -1.53. The first kappa shape index (κ1) is 13.9. The molecule has 3 N–H and O–H groups in total. The van der Waals surface area contributed by atoms with E-state index >= 15 is 0 Å². The Kier molecular flexibility index (Phi) is 4.44. The predicted molar refractivity (Wildman–Crippen MR) is 77.2 cm³/mol. The number of nitrogens with two attached hydrogens (primary N) is 1. The van der Waals surface area contributed by atoms with Crippen LogP contribution >= 0.6 is 27.7 Å². The van der Waals surface area contributed by atoms with Crippen molar-refractivity contribution in [2.24, 2.45) is 10.9 Å². The Morgan fingerprint density at radius 3 is 2.53 bits per heavy atom. The van der Waals surface area contributed by atoms with Gasteiger partial charge in [0.15, 0.2) is 5.84 Å². The highest BCUT2D eigenvalue weighted by Gasteiger charge is 2.10. The number of amidine groups is 1. The topological polar surface area (TPSA) is 58.6 Å². The van der Waals surface area contributed by atoms with Gasteiger partial charge in [-0.3, -0.25) is 0 Å². The number of oxime groups is 1. The third-order valence-corrected chi connectivity index (χ3v) is 3.98. The second-order valence-corrected chi connectivity index (χ2v) is 5.71. The van der Waals surface area contributed by atoms with Crippen molar-refractivity contribution in [3.63, 3.8) is 0 Å². The SMILES string of the molecule is NC(=NO)c1cc(F)ccc1Sc1ccc(Br)cc1. The summed E-state index contributed by atoms with van der Waals surface area (Å²) in [6.07, 6.45) is 0. The molecule has 6 heteroatoms. The van der Waals surface area contributed by atoms with Crippen molar-refractivity contribution < 1.29 is 9.60 Å². The standard InChI is InChI=1S/C13H10BrFN2OS/c14-8-1-4-10(5-2-8)19-12-6-3-9(15)7-11(12)13(16)17-18/h1-7,18H,(H2,16,17). The molecule has 0 saturated carbocycles. The van der Waals surface area contributed by atoms with Gasteiger partial charge in [-0.2, -0.15) is 0 Å². The molecule has 0 amide bonds. The monoisotopic (exact) mass is 340 g/mol. The van der Waals surface area contributed by atoms with Gasteiger partial charge >= 0.3 is 0 Å². The second kappa shape index (κ2) is 6.08. The summed E-state index contributed by atoms with van der Waals surface area (Å²) in [5.74, 6) is -0.541. The maximum absolute atomic E-state index is 13.2. The molecule has 0 spiro atoms. The summed E-state index contributed by atoms with van der Waals surface area (Å²) < 4.78 is 14.2. The average molecular weight is 341 g/mol. The van der Waals surface area contributed by atoms with Gasteiger partial charge in [0.25, 0.3) is 0 Å². The second-order valence-electron chi connectivity index (χ2n) is 3.68. The highest BCUT2D eigenvalue weighted by atomic mass is 79.9. The molecule has 98 valence electrons. The number of hydrogen-bond donors (Lipinski definition) is 2. The summed E-state index contributed by atoms with van der Waals surface area (Å²) >= 11 is 4.77. The lowest BCUT2D eigenvalue weighted by Gasteiger charge is -2.08. The Bertz CT molecular complexity index is 617. The van der Waals surface area contributed by atoms with Crippen LogP contribution in [0.25, 0.3) is 0 Å². The number of rotatable bonds is 3. The van der Waals surface area contributed by atoms with E-state index in [1.165, 1.54) is 23.9 Å². The van der Waals surface area contributed by atoms with E-state index in [-0.39, 0.29) is 5.84 Å². The van der Waals surface area contributed by atoms with Crippen LogP contribution in [0.2, 0.25) is 0 Å². The molecule has 0 unspecified atom stereocenters. The summed E-state index contributed by atoms with van der Waals surface area (Å²) in [6, 6.07) is 11.9. The van der Waals surface area contributed by atoms with Gasteiger partial charge in [0.05, 0.1) is 0 Å². The minimum Gasteiger partial charge on any atom is -0.409 e. The highest BCUT2D eigenvalue weighted by Crippen LogP contribution is 2.31. The summed E-state index contributed by atoms with van der Waals surface area (Å²) in [5.41, 5.74) is 5.92. The zero-order chi connectivity index (χ0) is 13.8. The normalized spacial score (nSPS) is 11.6. The highest BCUT2D eigenvalue weighted by molar-refractivity contribution is 9.10. The molecular formula is C13H10BrFN2OS. The van der Waals surface area contributed by atoms with Gasteiger partial charge in [-0.05, 0) is 42.5 Å². The number of benzene rings is 2. The molecule has 2 aromatic carbocycles. The average Bonchev–Trinajstić information content (AvgIpc) is 2.42. The molecule has 0 aliphatic carbocycles. The molecule has 0 atom stereocenters. The van der Waals surface area contributed by atoms with Gasteiger partial charge in [-0.1, -0.05) is 32.8 Å². The van der Waals surface area contributed by atoms with Crippen molar-refractivity contribution >= 4 is 33.5 Å². The minimum absolute atomic E-state index is 0.112. The van der Waals surface area contributed by atoms with Crippen LogP contribution in [0, 0.1) is 5.82 Å². The lowest BCUT2D eigenvalue weighted by atomic mass is 10.2. The fourth-order valence-corrected chi connectivity index (χ4v) is 2.67. The number of halogens is 2. The van der Waals surface area contributed by atoms with Crippen LogP contribution in [0.5, 0.6) is 0 Å². The lowest BCUT2D eigenvalue weighted by Crippen LogP contribution is -2.14. The van der Waals surface area contributed by atoms with Crippen molar-refractivity contribution in [3.05, 3.63) is 58.3 Å². The summed E-state index contributed by atoms with van der Waals surface area (Å²) in [7, 11) is 0. The molecule has 0 aliphatic heterocycles. The Labute approximate surface area is 122 Å². The largest absolute Gasteiger partial charge is 0.409 e. The fourth-order valence-electron chi connectivity index (χ4n) is 1.47. The Balaban J connectivity index is 2.37. The van der Waals surface area contributed by atoms with Crippen molar-refractivity contribution in [3.8, 4) is 0 Å². The molecule has 0 aromatic heterocycles. The van der Waals surface area contributed by atoms with Gasteiger partial charge in [-0.15, -0.1) is 0 Å². The molecule has 0 heterocycles. The lowest BCUT2D eigenvalue weighted by molar-refractivity contribution is 0.318. The number of hydrogen-bond acceptors (Lipinski definition) is 3. The third-order valence-electron chi connectivity index (χ3n) is 2.37. The molecule has 2 rings (SSSR count). The predicted octanol–water partition coefficient (Wildman–Crippen LogP) is 3.83. The molecule has 19 heavy (non-hydrogen) atoms. The first-order valence-electron chi connectivity index (χ1n) is 5.31. The van der Waals surface area contributed by atoms with Gasteiger partial charge in [-0.25, -0.2) is 4.39 Å². The third kappa shape index (κ3) is 3.48. The first-order chi connectivity index (χ1) is 9.10. The van der Waals surface area contributed by atoms with Crippen LogP contribution in [0.4, 0.5) is 4.39 Å². The van der Waals surface area contributed by atoms with Crippen molar-refractivity contribution in [1.82, 2.24) is 0 Å². The molecule has 0 bridgehead atoms. The maximum atomic E-state index is 13.2. The molecule has 0 saturated heterocycles.